The minimum atomic E-state index is -0.618. The Kier molecular flexibility index (Phi) is 7.25. The summed E-state index contributed by atoms with van der Waals surface area (Å²) in [7, 11) is 0. The SMILES string of the molecule is CCCCC(CC)CNC(=O)C(C)Oc1ccc2c(C)cc(=O)oc2c1. The third-order valence-corrected chi connectivity index (χ3v) is 4.71. The van der Waals surface area contributed by atoms with E-state index < -0.39 is 11.7 Å². The van der Waals surface area contributed by atoms with Crippen molar-refractivity contribution in [2.45, 2.75) is 59.5 Å². The molecule has 2 aromatic rings. The van der Waals surface area contributed by atoms with Crippen molar-refractivity contribution in [1.82, 2.24) is 5.32 Å². The van der Waals surface area contributed by atoms with Crippen LogP contribution in [0.25, 0.3) is 11.0 Å². The summed E-state index contributed by atoms with van der Waals surface area (Å²) in [5, 5.41) is 3.84. The maximum absolute atomic E-state index is 12.3. The second-order valence-corrected chi connectivity index (χ2v) is 6.83. The summed E-state index contributed by atoms with van der Waals surface area (Å²) in [5.41, 5.74) is 0.924. The monoisotopic (exact) mass is 359 g/mol. The highest BCUT2D eigenvalue weighted by Crippen LogP contribution is 2.23. The number of carbonyl (C=O) groups excluding carboxylic acids is 1. The van der Waals surface area contributed by atoms with E-state index in [4.69, 9.17) is 9.15 Å². The van der Waals surface area contributed by atoms with Crippen LogP contribution < -0.4 is 15.7 Å². The van der Waals surface area contributed by atoms with E-state index in [9.17, 15) is 9.59 Å². The Balaban J connectivity index is 1.98. The molecule has 5 nitrogen and oxygen atoms in total. The summed E-state index contributed by atoms with van der Waals surface area (Å²) in [4.78, 5) is 23.8. The van der Waals surface area contributed by atoms with Gasteiger partial charge in [0.2, 0.25) is 0 Å². The molecule has 0 saturated carbocycles. The van der Waals surface area contributed by atoms with Gasteiger partial charge in [0, 0.05) is 24.1 Å². The fraction of sp³-hybridized carbons (Fsp3) is 0.524. The van der Waals surface area contributed by atoms with Crippen LogP contribution in [-0.4, -0.2) is 18.6 Å². The number of fused-ring (bicyclic) bond motifs is 1. The van der Waals surface area contributed by atoms with Gasteiger partial charge >= 0.3 is 5.63 Å². The Bertz CT molecular complexity index is 796. The molecule has 0 saturated heterocycles. The van der Waals surface area contributed by atoms with E-state index in [0.29, 0.717) is 23.8 Å². The first kappa shape index (κ1) is 20.0. The summed E-state index contributed by atoms with van der Waals surface area (Å²) < 4.78 is 11.0. The minimum absolute atomic E-state index is 0.134. The smallest absolute Gasteiger partial charge is 0.336 e. The number of nitrogens with one attached hydrogen (secondary N) is 1. The standard InChI is InChI=1S/C21H29NO4/c1-5-7-8-16(6-2)13-22-21(24)15(4)25-17-9-10-18-14(3)11-20(23)26-19(18)12-17/h9-12,15-16H,5-8,13H2,1-4H3,(H,22,24). The highest BCUT2D eigenvalue weighted by molar-refractivity contribution is 5.82. The molecule has 1 aromatic heterocycles. The molecule has 5 heteroatoms. The van der Waals surface area contributed by atoms with Crippen LogP contribution >= 0.6 is 0 Å². The van der Waals surface area contributed by atoms with Crippen LogP contribution in [0.2, 0.25) is 0 Å². The van der Waals surface area contributed by atoms with Gasteiger partial charge in [-0.1, -0.05) is 33.1 Å². The Morgan fingerprint density at radius 3 is 2.73 bits per heavy atom. The van der Waals surface area contributed by atoms with Crippen LogP contribution in [0.15, 0.2) is 33.5 Å². The predicted molar refractivity (Wildman–Crippen MR) is 104 cm³/mol. The second-order valence-electron chi connectivity index (χ2n) is 6.83. The lowest BCUT2D eigenvalue weighted by molar-refractivity contribution is -0.127. The van der Waals surface area contributed by atoms with Crippen LogP contribution in [0.1, 0.15) is 52.0 Å². The fourth-order valence-electron chi connectivity index (χ4n) is 2.97. The van der Waals surface area contributed by atoms with E-state index in [1.54, 1.807) is 19.1 Å². The molecule has 0 bridgehead atoms. The van der Waals surface area contributed by atoms with Gasteiger partial charge in [-0.15, -0.1) is 0 Å². The van der Waals surface area contributed by atoms with Crippen molar-refractivity contribution in [3.8, 4) is 5.75 Å². The first-order valence-corrected chi connectivity index (χ1v) is 9.43. The Hall–Kier alpha value is -2.30. The van der Waals surface area contributed by atoms with Gasteiger partial charge < -0.3 is 14.5 Å². The maximum Gasteiger partial charge on any atom is 0.336 e. The average molecular weight is 359 g/mol. The quantitative estimate of drug-likeness (QED) is 0.681. The number of rotatable bonds is 9. The van der Waals surface area contributed by atoms with Crippen molar-refractivity contribution in [3.05, 3.63) is 40.2 Å². The van der Waals surface area contributed by atoms with Crippen molar-refractivity contribution in [2.24, 2.45) is 5.92 Å². The molecule has 26 heavy (non-hydrogen) atoms. The lowest BCUT2D eigenvalue weighted by Crippen LogP contribution is -2.38. The van der Waals surface area contributed by atoms with E-state index in [0.717, 1.165) is 23.8 Å². The molecule has 1 aromatic carbocycles. The van der Waals surface area contributed by atoms with Gasteiger partial charge in [0.05, 0.1) is 0 Å². The number of aryl methyl sites for hydroxylation is 1. The van der Waals surface area contributed by atoms with Gasteiger partial charge in [0.25, 0.3) is 5.91 Å². The van der Waals surface area contributed by atoms with Crippen molar-refractivity contribution < 1.29 is 13.9 Å². The van der Waals surface area contributed by atoms with Crippen molar-refractivity contribution in [1.29, 1.82) is 0 Å². The number of unbranched alkanes of at least 4 members (excludes halogenated alkanes) is 1. The van der Waals surface area contributed by atoms with Gasteiger partial charge in [-0.05, 0) is 43.9 Å². The fourth-order valence-corrected chi connectivity index (χ4v) is 2.97. The zero-order valence-electron chi connectivity index (χ0n) is 16.1. The summed E-state index contributed by atoms with van der Waals surface area (Å²) in [6.45, 7) is 8.58. The number of benzene rings is 1. The van der Waals surface area contributed by atoms with Gasteiger partial charge in [-0.25, -0.2) is 4.79 Å². The predicted octanol–water partition coefficient (Wildman–Crippen LogP) is 4.20. The second kappa shape index (κ2) is 9.41. The number of carbonyl (C=O) groups is 1. The van der Waals surface area contributed by atoms with Gasteiger partial charge in [0.1, 0.15) is 11.3 Å². The molecular weight excluding hydrogens is 330 g/mol. The summed E-state index contributed by atoms with van der Waals surface area (Å²) in [5.74, 6) is 0.877. The topological polar surface area (TPSA) is 68.5 Å². The highest BCUT2D eigenvalue weighted by Gasteiger charge is 2.16. The Morgan fingerprint density at radius 1 is 1.27 bits per heavy atom. The van der Waals surface area contributed by atoms with E-state index in [-0.39, 0.29) is 5.91 Å². The molecule has 0 aliphatic carbocycles. The molecule has 0 fully saturated rings. The third-order valence-electron chi connectivity index (χ3n) is 4.71. The molecule has 2 atom stereocenters. The lowest BCUT2D eigenvalue weighted by atomic mass is 9.99. The lowest BCUT2D eigenvalue weighted by Gasteiger charge is -2.18. The summed E-state index contributed by atoms with van der Waals surface area (Å²) >= 11 is 0. The zero-order chi connectivity index (χ0) is 19.1. The van der Waals surface area contributed by atoms with Crippen LogP contribution in [0.5, 0.6) is 5.75 Å². The minimum Gasteiger partial charge on any atom is -0.481 e. The molecular formula is C21H29NO4. The van der Waals surface area contributed by atoms with Gasteiger partial charge in [-0.2, -0.15) is 0 Å². The Morgan fingerprint density at radius 2 is 2.04 bits per heavy atom. The summed E-state index contributed by atoms with van der Waals surface area (Å²) in [6.07, 6.45) is 3.92. The first-order chi connectivity index (χ1) is 12.4. The molecule has 142 valence electrons. The van der Waals surface area contributed by atoms with Gasteiger partial charge in [-0.3, -0.25) is 4.79 Å². The molecule has 1 heterocycles. The van der Waals surface area contributed by atoms with Crippen LogP contribution in [0.3, 0.4) is 0 Å². The largest absolute Gasteiger partial charge is 0.481 e. The summed E-state index contributed by atoms with van der Waals surface area (Å²) in [6, 6.07) is 6.74. The molecule has 1 N–H and O–H groups in total. The first-order valence-electron chi connectivity index (χ1n) is 9.43. The molecule has 0 spiro atoms. The molecule has 0 radical (unpaired) electrons. The molecule has 0 aliphatic heterocycles. The molecule has 2 rings (SSSR count). The number of ether oxygens (including phenoxy) is 1. The number of hydrogen-bond donors (Lipinski definition) is 1. The van der Waals surface area contributed by atoms with E-state index in [2.05, 4.69) is 19.2 Å². The zero-order valence-corrected chi connectivity index (χ0v) is 16.1. The third kappa shape index (κ3) is 5.35. The van der Waals surface area contributed by atoms with E-state index >= 15 is 0 Å². The van der Waals surface area contributed by atoms with Gasteiger partial charge in [0.15, 0.2) is 6.10 Å². The van der Waals surface area contributed by atoms with Crippen LogP contribution in [0, 0.1) is 12.8 Å². The van der Waals surface area contributed by atoms with Crippen molar-refractivity contribution in [2.75, 3.05) is 6.54 Å². The van der Waals surface area contributed by atoms with Crippen LogP contribution in [0.4, 0.5) is 0 Å². The Labute approximate surface area is 154 Å². The average Bonchev–Trinajstić information content (AvgIpc) is 2.61. The molecule has 2 unspecified atom stereocenters. The molecule has 1 amide bonds. The normalized spacial score (nSPS) is 13.4. The van der Waals surface area contributed by atoms with Crippen molar-refractivity contribution >= 4 is 16.9 Å². The van der Waals surface area contributed by atoms with Crippen molar-refractivity contribution in [3.63, 3.8) is 0 Å². The van der Waals surface area contributed by atoms with Crippen LogP contribution in [-0.2, 0) is 4.79 Å². The number of amides is 1. The highest BCUT2D eigenvalue weighted by atomic mass is 16.5. The van der Waals surface area contributed by atoms with E-state index in [1.807, 2.05) is 13.0 Å². The maximum atomic E-state index is 12.3. The number of hydrogen-bond acceptors (Lipinski definition) is 4. The van der Waals surface area contributed by atoms with E-state index in [1.165, 1.54) is 18.9 Å². The molecule has 0 aliphatic rings.